The van der Waals surface area contributed by atoms with E-state index in [-0.39, 0.29) is 11.1 Å². The molecule has 1 saturated heterocycles. The van der Waals surface area contributed by atoms with Crippen LogP contribution in [0.1, 0.15) is 32.3 Å². The topological polar surface area (TPSA) is 117 Å². The number of carbonyl (C=O) groups is 2. The molecule has 0 bridgehead atoms. The van der Waals surface area contributed by atoms with Crippen molar-refractivity contribution in [3.05, 3.63) is 71.1 Å². The van der Waals surface area contributed by atoms with Crippen LogP contribution in [0, 0.1) is 0 Å². The van der Waals surface area contributed by atoms with Gasteiger partial charge in [0.15, 0.2) is 0 Å². The Hall–Kier alpha value is -3.43. The first-order valence-electron chi connectivity index (χ1n) is 10.9. The van der Waals surface area contributed by atoms with Crippen molar-refractivity contribution in [2.75, 3.05) is 32.8 Å². The minimum Gasteiger partial charge on any atom is -0.478 e. The molecule has 0 atom stereocenters. The maximum Gasteiger partial charge on any atom is 0.334 e. The normalized spacial score (nSPS) is 17.0. The van der Waals surface area contributed by atoms with Gasteiger partial charge < -0.3 is 29.7 Å². The molecule has 2 aromatic rings. The van der Waals surface area contributed by atoms with Gasteiger partial charge in [0.05, 0.1) is 36.6 Å². The summed E-state index contributed by atoms with van der Waals surface area (Å²) in [6, 6.07) is 7.22. The largest absolute Gasteiger partial charge is 0.478 e. The molecule has 2 aliphatic rings. The van der Waals surface area contributed by atoms with Gasteiger partial charge in [0.25, 0.3) is 0 Å². The number of hydrogen-bond donors (Lipinski definition) is 3. The van der Waals surface area contributed by atoms with Crippen LogP contribution in [0.25, 0.3) is 5.69 Å². The number of morpholine rings is 1. The average molecular weight is 455 g/mol. The van der Waals surface area contributed by atoms with Gasteiger partial charge in [-0.25, -0.2) is 14.6 Å². The fourth-order valence-electron chi connectivity index (χ4n) is 4.26. The summed E-state index contributed by atoms with van der Waals surface area (Å²) in [5.41, 5.74) is 2.69. The number of nitrogens with one attached hydrogen (secondary N) is 1. The van der Waals surface area contributed by atoms with Crippen LogP contribution in [0.5, 0.6) is 0 Å². The lowest BCUT2D eigenvalue weighted by Crippen LogP contribution is -2.34. The van der Waals surface area contributed by atoms with E-state index in [4.69, 9.17) is 4.74 Å². The van der Waals surface area contributed by atoms with Gasteiger partial charge in [-0.05, 0) is 38.5 Å². The van der Waals surface area contributed by atoms with E-state index < -0.39 is 17.9 Å². The van der Waals surface area contributed by atoms with Gasteiger partial charge in [-0.2, -0.15) is 0 Å². The van der Waals surface area contributed by atoms with Crippen LogP contribution in [-0.2, 0) is 14.3 Å². The fraction of sp³-hybridized carbons (Fsp3) is 0.375. The minimum absolute atomic E-state index is 0.0858. The van der Waals surface area contributed by atoms with E-state index in [1.165, 1.54) is 0 Å². The highest BCUT2D eigenvalue weighted by molar-refractivity contribution is 5.98. The molecular weight excluding hydrogens is 424 g/mol. The first-order chi connectivity index (χ1) is 15.9. The molecule has 0 unspecified atom stereocenters. The number of carboxylic acids is 2. The molecule has 1 aromatic heterocycles. The third-order valence-electron chi connectivity index (χ3n) is 5.80. The molecule has 0 saturated carbocycles. The molecule has 4 rings (SSSR count). The SMILES string of the molecule is C1COCCN1.CCN1C(C)=C(C(=O)O)C(c2cccc(-n3ccnc3)c2)C(C(=O)O)=C1C. The van der Waals surface area contributed by atoms with Crippen LogP contribution in [0.15, 0.2) is 65.5 Å². The second-order valence-electron chi connectivity index (χ2n) is 7.71. The van der Waals surface area contributed by atoms with E-state index in [1.54, 1.807) is 60.2 Å². The monoisotopic (exact) mass is 454 g/mol. The molecule has 9 heteroatoms. The second kappa shape index (κ2) is 10.9. The highest BCUT2D eigenvalue weighted by Gasteiger charge is 2.38. The Balaban J connectivity index is 0.000000442. The van der Waals surface area contributed by atoms with Gasteiger partial charge >= 0.3 is 11.9 Å². The second-order valence-corrected chi connectivity index (χ2v) is 7.71. The molecule has 0 aliphatic carbocycles. The molecule has 33 heavy (non-hydrogen) atoms. The van der Waals surface area contributed by atoms with Gasteiger partial charge in [-0.3, -0.25) is 0 Å². The number of hydrogen-bond acceptors (Lipinski definition) is 6. The molecule has 2 aliphatic heterocycles. The van der Waals surface area contributed by atoms with E-state index >= 15 is 0 Å². The zero-order chi connectivity index (χ0) is 24.0. The predicted molar refractivity (Wildman–Crippen MR) is 123 cm³/mol. The van der Waals surface area contributed by atoms with E-state index in [1.807, 2.05) is 13.0 Å². The highest BCUT2D eigenvalue weighted by Crippen LogP contribution is 2.42. The number of benzene rings is 1. The third kappa shape index (κ3) is 5.32. The number of allylic oxidation sites excluding steroid dienone is 2. The lowest BCUT2D eigenvalue weighted by atomic mass is 9.79. The quantitative estimate of drug-likeness (QED) is 0.631. The predicted octanol–water partition coefficient (Wildman–Crippen LogP) is 2.61. The van der Waals surface area contributed by atoms with Gasteiger partial charge in [0.1, 0.15) is 0 Å². The summed E-state index contributed by atoms with van der Waals surface area (Å²) in [4.78, 5) is 29.9. The number of ether oxygens (including phenoxy) is 1. The minimum atomic E-state index is -1.12. The number of aliphatic carboxylic acids is 2. The van der Waals surface area contributed by atoms with Crippen molar-refractivity contribution in [2.24, 2.45) is 0 Å². The molecule has 0 amide bonds. The van der Waals surface area contributed by atoms with Crippen molar-refractivity contribution in [1.29, 1.82) is 0 Å². The zero-order valence-electron chi connectivity index (χ0n) is 19.1. The van der Waals surface area contributed by atoms with Crippen molar-refractivity contribution < 1.29 is 24.5 Å². The number of nitrogens with zero attached hydrogens (tertiary/aromatic N) is 3. The standard InChI is InChI=1S/C20H21N3O4.C4H9NO/c1-4-23-12(2)16(19(24)25)18(17(13(23)3)20(26)27)14-6-5-7-15(10-14)22-9-8-21-11-22;1-3-6-4-2-5-1/h5-11,18H,4H2,1-3H3,(H,24,25)(H,26,27);5H,1-4H2. The molecule has 3 heterocycles. The molecule has 9 nitrogen and oxygen atoms in total. The van der Waals surface area contributed by atoms with Crippen molar-refractivity contribution in [3.63, 3.8) is 0 Å². The van der Waals surface area contributed by atoms with Gasteiger partial charge in [0, 0.05) is 49.1 Å². The highest BCUT2D eigenvalue weighted by atomic mass is 16.5. The van der Waals surface area contributed by atoms with Crippen LogP contribution >= 0.6 is 0 Å². The molecule has 0 radical (unpaired) electrons. The lowest BCUT2D eigenvalue weighted by Gasteiger charge is -2.36. The smallest absolute Gasteiger partial charge is 0.334 e. The maximum absolute atomic E-state index is 12.1. The van der Waals surface area contributed by atoms with Crippen LogP contribution in [0.4, 0.5) is 0 Å². The van der Waals surface area contributed by atoms with Crippen LogP contribution in [0.3, 0.4) is 0 Å². The summed E-state index contributed by atoms with van der Waals surface area (Å²) in [5.74, 6) is -3.09. The molecule has 0 spiro atoms. The summed E-state index contributed by atoms with van der Waals surface area (Å²) in [6.07, 6.45) is 5.06. The van der Waals surface area contributed by atoms with Crippen LogP contribution in [-0.4, -0.2) is 69.5 Å². The summed E-state index contributed by atoms with van der Waals surface area (Å²) in [6.45, 7) is 9.64. The summed E-state index contributed by atoms with van der Waals surface area (Å²) in [7, 11) is 0. The Kier molecular flexibility index (Phi) is 8.02. The molecule has 3 N–H and O–H groups in total. The zero-order valence-corrected chi connectivity index (χ0v) is 19.1. The third-order valence-corrected chi connectivity index (χ3v) is 5.80. The summed E-state index contributed by atoms with van der Waals surface area (Å²) >= 11 is 0. The average Bonchev–Trinajstić information content (AvgIpc) is 3.35. The van der Waals surface area contributed by atoms with Crippen molar-refractivity contribution in [3.8, 4) is 5.69 Å². The van der Waals surface area contributed by atoms with Gasteiger partial charge in [-0.15, -0.1) is 0 Å². The van der Waals surface area contributed by atoms with Gasteiger partial charge in [-0.1, -0.05) is 12.1 Å². The Labute approximate surface area is 193 Å². The molecule has 1 aromatic carbocycles. The van der Waals surface area contributed by atoms with Crippen LogP contribution < -0.4 is 5.32 Å². The summed E-state index contributed by atoms with van der Waals surface area (Å²) in [5, 5.41) is 22.9. The number of carboxylic acid groups (broad SMARTS) is 2. The maximum atomic E-state index is 12.1. The van der Waals surface area contributed by atoms with E-state index in [0.717, 1.165) is 32.0 Å². The number of aromatic nitrogens is 2. The Morgan fingerprint density at radius 3 is 2.18 bits per heavy atom. The van der Waals surface area contributed by atoms with E-state index in [2.05, 4.69) is 10.3 Å². The van der Waals surface area contributed by atoms with Crippen molar-refractivity contribution in [1.82, 2.24) is 19.8 Å². The molecular formula is C24H30N4O5. The first-order valence-corrected chi connectivity index (χ1v) is 10.9. The Bertz CT molecular complexity index is 1010. The lowest BCUT2D eigenvalue weighted by molar-refractivity contribution is -0.133. The Morgan fingerprint density at radius 2 is 1.76 bits per heavy atom. The number of rotatable bonds is 5. The summed E-state index contributed by atoms with van der Waals surface area (Å²) < 4.78 is 6.80. The van der Waals surface area contributed by atoms with E-state index in [9.17, 15) is 19.8 Å². The fourth-order valence-corrected chi connectivity index (χ4v) is 4.26. The Morgan fingerprint density at radius 1 is 1.12 bits per heavy atom. The molecule has 1 fully saturated rings. The van der Waals surface area contributed by atoms with Crippen molar-refractivity contribution >= 4 is 11.9 Å². The van der Waals surface area contributed by atoms with Gasteiger partial charge in [0.2, 0.25) is 0 Å². The van der Waals surface area contributed by atoms with E-state index in [0.29, 0.717) is 23.5 Å². The first kappa shape index (κ1) is 24.2. The van der Waals surface area contributed by atoms with Crippen LogP contribution in [0.2, 0.25) is 0 Å². The van der Waals surface area contributed by atoms with Crippen molar-refractivity contribution in [2.45, 2.75) is 26.7 Å². The number of imidazole rings is 1. The molecule has 176 valence electrons.